The Labute approximate surface area is 230 Å². The van der Waals surface area contributed by atoms with E-state index in [1.807, 2.05) is 50.0 Å². The van der Waals surface area contributed by atoms with Gasteiger partial charge in [0.05, 0.1) is 6.10 Å². The fraction of sp³-hybridized carbons (Fsp3) is 0.419. The highest BCUT2D eigenvalue weighted by molar-refractivity contribution is 6.30. The number of rotatable bonds is 9. The lowest BCUT2D eigenvalue weighted by Crippen LogP contribution is -2.54. The number of halogens is 1. The van der Waals surface area contributed by atoms with Crippen LogP contribution in [0.5, 0.6) is 0 Å². The first kappa shape index (κ1) is 27.9. The zero-order chi connectivity index (χ0) is 27.2. The molecule has 2 aromatic carbocycles. The van der Waals surface area contributed by atoms with Gasteiger partial charge in [-0.2, -0.15) is 0 Å². The molecule has 1 fully saturated rings. The highest BCUT2D eigenvalue weighted by Gasteiger charge is 2.33. The molecule has 2 atom stereocenters. The van der Waals surface area contributed by atoms with Gasteiger partial charge in [0, 0.05) is 72.3 Å². The summed E-state index contributed by atoms with van der Waals surface area (Å²) in [5.41, 5.74) is 2.33. The van der Waals surface area contributed by atoms with Crippen LogP contribution in [0.3, 0.4) is 0 Å². The van der Waals surface area contributed by atoms with E-state index in [0.29, 0.717) is 41.3 Å². The van der Waals surface area contributed by atoms with E-state index in [4.69, 9.17) is 16.3 Å². The number of ether oxygens (including phenoxy) is 1. The lowest BCUT2D eigenvalue weighted by atomic mass is 9.97. The summed E-state index contributed by atoms with van der Waals surface area (Å²) in [4.78, 5) is 30.1. The Kier molecular flexibility index (Phi) is 9.29. The number of hydrogen-bond donors (Lipinski definition) is 1. The lowest BCUT2D eigenvalue weighted by molar-refractivity contribution is 0.0441. The van der Waals surface area contributed by atoms with E-state index in [2.05, 4.69) is 29.4 Å². The monoisotopic (exact) mass is 535 g/mol. The van der Waals surface area contributed by atoms with Crippen LogP contribution in [-0.2, 0) is 4.74 Å². The predicted octanol–water partition coefficient (Wildman–Crippen LogP) is 3.74. The van der Waals surface area contributed by atoms with Crippen LogP contribution in [0.25, 0.3) is 12.3 Å². The number of fused-ring (bicyclic) bond motifs is 1. The lowest BCUT2D eigenvalue weighted by Gasteiger charge is -2.42. The summed E-state index contributed by atoms with van der Waals surface area (Å²) in [5, 5.41) is 5.91. The molecule has 0 radical (unpaired) electrons. The third-order valence-corrected chi connectivity index (χ3v) is 7.64. The van der Waals surface area contributed by atoms with E-state index >= 15 is 0 Å². The molecule has 6 nitrogen and oxygen atoms in total. The Morgan fingerprint density at radius 3 is 2.61 bits per heavy atom. The number of carbonyl (C=O) groups is 2. The third kappa shape index (κ3) is 6.48. The minimum absolute atomic E-state index is 0.0528. The molecule has 0 bridgehead atoms. The van der Waals surface area contributed by atoms with Gasteiger partial charge in [-0.1, -0.05) is 35.9 Å². The molecule has 2 amide bonds. The Morgan fingerprint density at radius 2 is 1.92 bits per heavy atom. The molecule has 2 heterocycles. The van der Waals surface area contributed by atoms with Gasteiger partial charge in [-0.15, -0.1) is 0 Å². The molecule has 4 rings (SSSR count). The molecule has 1 N–H and O–H groups in total. The average Bonchev–Trinajstić information content (AvgIpc) is 3.04. The van der Waals surface area contributed by atoms with Gasteiger partial charge in [0.25, 0.3) is 11.8 Å². The van der Waals surface area contributed by atoms with Crippen LogP contribution in [0.15, 0.2) is 48.6 Å². The summed E-state index contributed by atoms with van der Waals surface area (Å²) in [5.74, 6) is 0.365. The van der Waals surface area contributed by atoms with Gasteiger partial charge < -0.3 is 19.9 Å². The molecule has 2 aliphatic heterocycles. The maximum absolute atomic E-state index is 13.1. The van der Waals surface area contributed by atoms with Gasteiger partial charge >= 0.3 is 0 Å². The van der Waals surface area contributed by atoms with Crippen molar-refractivity contribution in [3.63, 3.8) is 0 Å². The molecule has 0 aromatic heterocycles. The van der Waals surface area contributed by atoms with Crippen LogP contribution in [0.4, 0.5) is 0 Å². The molecule has 1 saturated heterocycles. The molecule has 0 saturated carbocycles. The fourth-order valence-electron chi connectivity index (χ4n) is 5.13. The number of allylic oxidation sites excluding steroid dienone is 1. The van der Waals surface area contributed by atoms with E-state index < -0.39 is 0 Å². The SMILES string of the molecule is CC=CC(CNC(=O)c1ccc2c(c1C)=CN(CC1CN(C(=O)c3ccc(Cl)cc3)C1)C(C)CC=2)OCC. The molecule has 0 aliphatic carbocycles. The van der Waals surface area contributed by atoms with Crippen molar-refractivity contribution in [1.29, 1.82) is 0 Å². The van der Waals surface area contributed by atoms with E-state index in [-0.39, 0.29) is 17.9 Å². The van der Waals surface area contributed by atoms with Gasteiger partial charge in [0.1, 0.15) is 0 Å². The van der Waals surface area contributed by atoms with Crippen LogP contribution in [0.2, 0.25) is 5.02 Å². The highest BCUT2D eigenvalue weighted by atomic mass is 35.5. The van der Waals surface area contributed by atoms with E-state index in [1.54, 1.807) is 24.3 Å². The number of hydrogen-bond acceptors (Lipinski definition) is 4. The highest BCUT2D eigenvalue weighted by Crippen LogP contribution is 2.22. The Hall–Kier alpha value is -3.09. The summed E-state index contributed by atoms with van der Waals surface area (Å²) in [6.45, 7) is 11.5. The first-order valence-corrected chi connectivity index (χ1v) is 13.8. The molecule has 7 heteroatoms. The molecule has 2 aliphatic rings. The fourth-order valence-corrected chi connectivity index (χ4v) is 5.25. The largest absolute Gasteiger partial charge is 0.373 e. The van der Waals surface area contributed by atoms with E-state index in [0.717, 1.165) is 42.1 Å². The topological polar surface area (TPSA) is 61.9 Å². The standard InChI is InChI=1S/C31H38ClN3O3/c1-5-7-27(38-6-2)16-33-30(36)28-15-12-24-9-8-21(3)34(20-29(24)22(28)4)17-23-18-35(19-23)31(37)25-10-13-26(32)14-11-25/h5,7,9-15,20-21,23,27H,6,8,16-19H2,1-4H3,(H,33,36). The van der Waals surface area contributed by atoms with Gasteiger partial charge in [0.2, 0.25) is 0 Å². The first-order valence-electron chi connectivity index (χ1n) is 13.5. The van der Waals surface area contributed by atoms with Crippen LogP contribution in [-0.4, -0.2) is 66.5 Å². The molecule has 2 aromatic rings. The molecule has 0 spiro atoms. The molecule has 2 unspecified atom stereocenters. The quantitative estimate of drug-likeness (QED) is 0.497. The van der Waals surface area contributed by atoms with Gasteiger partial charge in [-0.05, 0) is 75.2 Å². The van der Waals surface area contributed by atoms with Crippen molar-refractivity contribution < 1.29 is 14.3 Å². The van der Waals surface area contributed by atoms with Crippen LogP contribution < -0.4 is 15.8 Å². The first-order chi connectivity index (χ1) is 18.3. The van der Waals surface area contributed by atoms with Crippen molar-refractivity contribution in [3.8, 4) is 0 Å². The zero-order valence-electron chi connectivity index (χ0n) is 22.7. The van der Waals surface area contributed by atoms with Crippen molar-refractivity contribution >= 4 is 35.7 Å². The number of benzene rings is 2. The van der Waals surface area contributed by atoms with Gasteiger partial charge in [-0.3, -0.25) is 9.59 Å². The number of nitrogens with one attached hydrogen (secondary N) is 1. The minimum atomic E-state index is -0.139. The molecular formula is C31H38ClN3O3. The maximum atomic E-state index is 13.1. The van der Waals surface area contributed by atoms with Crippen LogP contribution >= 0.6 is 11.6 Å². The summed E-state index contributed by atoms with van der Waals surface area (Å²) in [7, 11) is 0. The van der Waals surface area contributed by atoms with Gasteiger partial charge in [0.15, 0.2) is 0 Å². The van der Waals surface area contributed by atoms with Crippen molar-refractivity contribution in [2.24, 2.45) is 5.92 Å². The second-order valence-electron chi connectivity index (χ2n) is 10.2. The van der Waals surface area contributed by atoms with Crippen LogP contribution in [0, 0.1) is 12.8 Å². The Morgan fingerprint density at radius 1 is 1.18 bits per heavy atom. The summed E-state index contributed by atoms with van der Waals surface area (Å²) in [6, 6.07) is 11.4. The second-order valence-corrected chi connectivity index (χ2v) is 10.6. The van der Waals surface area contributed by atoms with Crippen molar-refractivity contribution in [2.45, 2.75) is 46.3 Å². The summed E-state index contributed by atoms with van der Waals surface area (Å²) in [6.07, 6.45) is 9.16. The number of likely N-dealkylation sites (tertiary alicyclic amines) is 1. The van der Waals surface area contributed by atoms with Crippen molar-refractivity contribution in [2.75, 3.05) is 32.8 Å². The minimum Gasteiger partial charge on any atom is -0.373 e. The second kappa shape index (κ2) is 12.6. The molecular weight excluding hydrogens is 498 g/mol. The Bertz CT molecular complexity index is 1300. The number of nitrogens with zero attached hydrogens (tertiary/aromatic N) is 2. The van der Waals surface area contributed by atoms with E-state index in [9.17, 15) is 9.59 Å². The third-order valence-electron chi connectivity index (χ3n) is 7.39. The van der Waals surface area contributed by atoms with Crippen molar-refractivity contribution in [1.82, 2.24) is 15.1 Å². The van der Waals surface area contributed by atoms with Crippen molar-refractivity contribution in [3.05, 3.63) is 80.7 Å². The normalized spacial score (nSPS) is 18.2. The van der Waals surface area contributed by atoms with E-state index in [1.165, 1.54) is 0 Å². The Balaban J connectivity index is 1.45. The molecule has 202 valence electrons. The maximum Gasteiger partial charge on any atom is 0.253 e. The smallest absolute Gasteiger partial charge is 0.253 e. The van der Waals surface area contributed by atoms with Gasteiger partial charge in [-0.25, -0.2) is 0 Å². The summed E-state index contributed by atoms with van der Waals surface area (Å²) < 4.78 is 5.69. The number of amides is 2. The predicted molar refractivity (Wildman–Crippen MR) is 154 cm³/mol. The number of carbonyl (C=O) groups excluding carboxylic acids is 2. The summed E-state index contributed by atoms with van der Waals surface area (Å²) >= 11 is 5.96. The zero-order valence-corrected chi connectivity index (χ0v) is 23.5. The molecule has 38 heavy (non-hydrogen) atoms. The average molecular weight is 536 g/mol. The van der Waals surface area contributed by atoms with Crippen LogP contribution in [0.1, 0.15) is 53.5 Å².